The Morgan fingerprint density at radius 1 is 1.50 bits per heavy atom. The molecule has 1 aliphatic heterocycles. The van der Waals surface area contributed by atoms with E-state index in [0.717, 1.165) is 50.6 Å². The zero-order valence-corrected chi connectivity index (χ0v) is 12.8. The molecule has 1 atom stereocenters. The molecule has 0 bridgehead atoms. The number of piperidine rings is 1. The van der Waals surface area contributed by atoms with Gasteiger partial charge < -0.3 is 10.6 Å². The number of nitrogens with one attached hydrogen (secondary N) is 2. The van der Waals surface area contributed by atoms with Crippen molar-refractivity contribution in [1.82, 2.24) is 10.6 Å². The predicted octanol–water partition coefficient (Wildman–Crippen LogP) is 2.28. The Balaban J connectivity index is 0.00000242. The highest BCUT2D eigenvalue weighted by atomic mass is 35.5. The van der Waals surface area contributed by atoms with Gasteiger partial charge in [-0.25, -0.2) is 4.39 Å². The van der Waals surface area contributed by atoms with Crippen LogP contribution >= 0.6 is 12.4 Å². The van der Waals surface area contributed by atoms with Crippen LogP contribution in [0.4, 0.5) is 10.1 Å². The summed E-state index contributed by atoms with van der Waals surface area (Å²) in [5.74, 6) is -0.751. The molecular weight excluding hydrogens is 313 g/mol. The third kappa shape index (κ3) is 4.92. The number of hydrogen-bond acceptors (Lipinski definition) is 4. The van der Waals surface area contributed by atoms with E-state index in [2.05, 4.69) is 10.6 Å². The normalized spacial score (nSPS) is 17.4. The molecular formula is C14H19ClFN3O3. The molecule has 1 fully saturated rings. The lowest BCUT2D eigenvalue weighted by Crippen LogP contribution is -2.33. The van der Waals surface area contributed by atoms with Gasteiger partial charge in [0.1, 0.15) is 11.4 Å². The number of halogens is 2. The van der Waals surface area contributed by atoms with Crippen LogP contribution in [0.15, 0.2) is 18.2 Å². The van der Waals surface area contributed by atoms with Gasteiger partial charge in [-0.2, -0.15) is 0 Å². The van der Waals surface area contributed by atoms with Gasteiger partial charge in [-0.05, 0) is 50.4 Å². The van der Waals surface area contributed by atoms with Crippen molar-refractivity contribution < 1.29 is 14.1 Å². The van der Waals surface area contributed by atoms with Crippen molar-refractivity contribution in [3.8, 4) is 0 Å². The highest BCUT2D eigenvalue weighted by molar-refractivity contribution is 5.98. The van der Waals surface area contributed by atoms with E-state index < -0.39 is 22.3 Å². The number of hydrogen-bond donors (Lipinski definition) is 2. The molecule has 2 N–H and O–H groups in total. The molecule has 0 radical (unpaired) electrons. The molecule has 0 aromatic heterocycles. The van der Waals surface area contributed by atoms with Crippen LogP contribution in [0.1, 0.15) is 29.6 Å². The van der Waals surface area contributed by atoms with Gasteiger partial charge in [0.05, 0.1) is 11.0 Å². The Morgan fingerprint density at radius 2 is 2.27 bits per heavy atom. The van der Waals surface area contributed by atoms with E-state index in [4.69, 9.17) is 0 Å². The molecule has 0 saturated carbocycles. The minimum atomic E-state index is -0.747. The standard InChI is InChI=1S/C14H18FN3O3.ClH/c15-11-3-4-12(13(8-11)18(20)21)14(19)17-7-5-10-2-1-6-16-9-10;/h3-4,8,10,16H,1-2,5-7,9H2,(H,17,19);1H. The molecule has 0 aliphatic carbocycles. The summed E-state index contributed by atoms with van der Waals surface area (Å²) in [7, 11) is 0. The summed E-state index contributed by atoms with van der Waals surface area (Å²) in [6, 6.07) is 2.96. The topological polar surface area (TPSA) is 84.3 Å². The van der Waals surface area contributed by atoms with Gasteiger partial charge >= 0.3 is 0 Å². The fourth-order valence-corrected chi connectivity index (χ4v) is 2.50. The second-order valence-electron chi connectivity index (χ2n) is 5.18. The average Bonchev–Trinajstić information content (AvgIpc) is 2.48. The number of amides is 1. The maximum Gasteiger partial charge on any atom is 0.285 e. The second kappa shape index (κ2) is 8.65. The third-order valence-electron chi connectivity index (χ3n) is 3.64. The van der Waals surface area contributed by atoms with Crippen molar-refractivity contribution in [2.45, 2.75) is 19.3 Å². The lowest BCUT2D eigenvalue weighted by Gasteiger charge is -2.22. The number of carbonyl (C=O) groups is 1. The van der Waals surface area contributed by atoms with Crippen molar-refractivity contribution in [2.24, 2.45) is 5.92 Å². The van der Waals surface area contributed by atoms with Crippen molar-refractivity contribution in [3.63, 3.8) is 0 Å². The zero-order valence-electron chi connectivity index (χ0n) is 12.0. The largest absolute Gasteiger partial charge is 0.352 e. The van der Waals surface area contributed by atoms with Crippen LogP contribution in [0.2, 0.25) is 0 Å². The number of carbonyl (C=O) groups excluding carboxylic acids is 1. The minimum absolute atomic E-state index is 0. The van der Waals surface area contributed by atoms with Crippen LogP contribution in [0.5, 0.6) is 0 Å². The van der Waals surface area contributed by atoms with Crippen molar-refractivity contribution in [1.29, 1.82) is 0 Å². The van der Waals surface area contributed by atoms with Crippen molar-refractivity contribution in [3.05, 3.63) is 39.7 Å². The van der Waals surface area contributed by atoms with E-state index in [1.54, 1.807) is 0 Å². The summed E-state index contributed by atoms with van der Waals surface area (Å²) < 4.78 is 13.0. The molecule has 1 aromatic carbocycles. The number of benzene rings is 1. The quantitative estimate of drug-likeness (QED) is 0.640. The second-order valence-corrected chi connectivity index (χ2v) is 5.18. The van der Waals surface area contributed by atoms with Crippen LogP contribution < -0.4 is 10.6 Å². The van der Waals surface area contributed by atoms with Crippen LogP contribution in [0.25, 0.3) is 0 Å². The first-order valence-electron chi connectivity index (χ1n) is 7.01. The van der Waals surface area contributed by atoms with Crippen molar-refractivity contribution >= 4 is 24.0 Å². The summed E-state index contributed by atoms with van der Waals surface area (Å²) in [5, 5.41) is 16.8. The highest BCUT2D eigenvalue weighted by Gasteiger charge is 2.21. The zero-order chi connectivity index (χ0) is 15.2. The molecule has 1 saturated heterocycles. The van der Waals surface area contributed by atoms with Crippen molar-refractivity contribution in [2.75, 3.05) is 19.6 Å². The number of nitro benzene ring substituents is 1. The van der Waals surface area contributed by atoms with Crippen LogP contribution in [0, 0.1) is 21.8 Å². The Kier molecular flexibility index (Phi) is 7.20. The first-order valence-corrected chi connectivity index (χ1v) is 7.01. The van der Waals surface area contributed by atoms with Gasteiger partial charge in [0.25, 0.3) is 11.6 Å². The van der Waals surface area contributed by atoms with Gasteiger partial charge in [-0.1, -0.05) is 0 Å². The third-order valence-corrected chi connectivity index (χ3v) is 3.64. The summed E-state index contributed by atoms with van der Waals surface area (Å²) in [4.78, 5) is 22.1. The fraction of sp³-hybridized carbons (Fsp3) is 0.500. The molecule has 8 heteroatoms. The Hall–Kier alpha value is -1.73. The van der Waals surface area contributed by atoms with Gasteiger partial charge in [0, 0.05) is 6.54 Å². The van der Waals surface area contributed by atoms with E-state index in [9.17, 15) is 19.3 Å². The van der Waals surface area contributed by atoms with Crippen LogP contribution in [0.3, 0.4) is 0 Å². The van der Waals surface area contributed by atoms with Crippen LogP contribution in [-0.2, 0) is 0 Å². The molecule has 2 rings (SSSR count). The molecule has 1 unspecified atom stereocenters. The molecule has 0 spiro atoms. The maximum absolute atomic E-state index is 13.0. The lowest BCUT2D eigenvalue weighted by atomic mass is 9.96. The number of nitro groups is 1. The predicted molar refractivity (Wildman–Crippen MR) is 82.8 cm³/mol. The highest BCUT2D eigenvalue weighted by Crippen LogP contribution is 2.20. The van der Waals surface area contributed by atoms with Crippen LogP contribution in [-0.4, -0.2) is 30.5 Å². The fourth-order valence-electron chi connectivity index (χ4n) is 2.50. The van der Waals surface area contributed by atoms with Gasteiger partial charge in [0.2, 0.25) is 0 Å². The Bertz CT molecular complexity index is 536. The molecule has 1 aromatic rings. The summed E-state index contributed by atoms with van der Waals surface area (Å²) in [5.41, 5.74) is -0.616. The van der Waals surface area contributed by atoms with Gasteiger partial charge in [-0.3, -0.25) is 14.9 Å². The van der Waals surface area contributed by atoms with E-state index in [1.807, 2.05) is 0 Å². The first-order chi connectivity index (χ1) is 10.1. The molecule has 122 valence electrons. The van der Waals surface area contributed by atoms with E-state index >= 15 is 0 Å². The molecule has 1 amide bonds. The summed E-state index contributed by atoms with van der Waals surface area (Å²) >= 11 is 0. The molecule has 1 heterocycles. The van der Waals surface area contributed by atoms with Gasteiger partial charge in [-0.15, -0.1) is 12.4 Å². The minimum Gasteiger partial charge on any atom is -0.352 e. The summed E-state index contributed by atoms with van der Waals surface area (Å²) in [6.07, 6.45) is 3.08. The van der Waals surface area contributed by atoms with E-state index in [0.29, 0.717) is 12.5 Å². The number of rotatable bonds is 5. The summed E-state index contributed by atoms with van der Waals surface area (Å²) in [6.45, 7) is 2.43. The monoisotopic (exact) mass is 331 g/mol. The average molecular weight is 332 g/mol. The van der Waals surface area contributed by atoms with E-state index in [-0.39, 0.29) is 18.0 Å². The molecule has 6 nitrogen and oxygen atoms in total. The molecule has 22 heavy (non-hydrogen) atoms. The first kappa shape index (κ1) is 18.3. The lowest BCUT2D eigenvalue weighted by molar-refractivity contribution is -0.385. The van der Waals surface area contributed by atoms with E-state index in [1.165, 1.54) is 0 Å². The Labute approximate surface area is 134 Å². The smallest absolute Gasteiger partial charge is 0.285 e. The van der Waals surface area contributed by atoms with Gasteiger partial charge in [0.15, 0.2) is 0 Å². The molecule has 1 aliphatic rings. The Morgan fingerprint density at radius 3 is 2.91 bits per heavy atom. The SMILES string of the molecule is Cl.O=C(NCCC1CCCNC1)c1ccc(F)cc1[N+](=O)[O-]. The number of nitrogens with zero attached hydrogens (tertiary/aromatic N) is 1. The maximum atomic E-state index is 13.0.